The van der Waals surface area contributed by atoms with Crippen LogP contribution in [0.4, 0.5) is 17.1 Å². The summed E-state index contributed by atoms with van der Waals surface area (Å²) >= 11 is 0. The van der Waals surface area contributed by atoms with E-state index in [0.29, 0.717) is 22.6 Å². The quantitative estimate of drug-likeness (QED) is 0.329. The molecule has 2 aromatic carbocycles. The molecule has 1 fully saturated rings. The number of aromatic nitrogens is 2. The number of nitrogens with one attached hydrogen (secondary N) is 1. The van der Waals surface area contributed by atoms with Crippen LogP contribution in [0.5, 0.6) is 0 Å². The molecule has 2 amide bonds. The van der Waals surface area contributed by atoms with E-state index in [1.807, 2.05) is 30.3 Å². The summed E-state index contributed by atoms with van der Waals surface area (Å²) in [5.41, 5.74) is 11.3. The minimum atomic E-state index is -0.491. The van der Waals surface area contributed by atoms with Gasteiger partial charge in [-0.3, -0.25) is 9.59 Å². The van der Waals surface area contributed by atoms with Crippen LogP contribution < -0.4 is 16.0 Å². The van der Waals surface area contributed by atoms with Crippen molar-refractivity contribution in [2.45, 2.75) is 38.1 Å². The molecule has 4 aromatic rings. The molecule has 1 aliphatic carbocycles. The number of nitrogens with zero attached hydrogens (tertiary/aromatic N) is 4. The first kappa shape index (κ1) is 25.2. The van der Waals surface area contributed by atoms with Crippen LogP contribution in [-0.4, -0.2) is 34.5 Å². The molecule has 0 aliphatic heterocycles. The summed E-state index contributed by atoms with van der Waals surface area (Å²) < 4.78 is 1.73. The maximum Gasteiger partial charge on any atom is 0.258 e. The van der Waals surface area contributed by atoms with Crippen molar-refractivity contribution < 1.29 is 9.59 Å². The third-order valence-electron chi connectivity index (χ3n) is 7.36. The molecular weight excluding hydrogens is 476 g/mol. The lowest BCUT2D eigenvalue weighted by Gasteiger charge is -2.26. The molecule has 8 nitrogen and oxygen atoms in total. The van der Waals surface area contributed by atoms with E-state index in [4.69, 9.17) is 12.3 Å². The smallest absolute Gasteiger partial charge is 0.258 e. The summed E-state index contributed by atoms with van der Waals surface area (Å²) in [6, 6.07) is 17.6. The van der Waals surface area contributed by atoms with Crippen LogP contribution >= 0.6 is 0 Å². The van der Waals surface area contributed by atoms with Gasteiger partial charge >= 0.3 is 0 Å². The second kappa shape index (κ2) is 10.9. The summed E-state index contributed by atoms with van der Waals surface area (Å²) in [6.07, 6.45) is 9.06. The molecular formula is C30H30N6O2. The highest BCUT2D eigenvalue weighted by atomic mass is 16.2. The Morgan fingerprint density at radius 1 is 1.08 bits per heavy atom. The fourth-order valence-electron chi connectivity index (χ4n) is 5.06. The van der Waals surface area contributed by atoms with Crippen molar-refractivity contribution in [3.8, 4) is 11.1 Å². The molecule has 1 saturated carbocycles. The monoisotopic (exact) mass is 506 g/mol. The van der Waals surface area contributed by atoms with Gasteiger partial charge in [0.05, 0.1) is 24.3 Å². The van der Waals surface area contributed by atoms with Crippen LogP contribution in [0.2, 0.25) is 0 Å². The molecule has 0 bridgehead atoms. The molecule has 38 heavy (non-hydrogen) atoms. The Hall–Kier alpha value is -4.48. The summed E-state index contributed by atoms with van der Waals surface area (Å²) in [5.74, 6) is -0.0601. The highest BCUT2D eigenvalue weighted by Gasteiger charge is 2.26. The van der Waals surface area contributed by atoms with Crippen molar-refractivity contribution in [1.29, 1.82) is 0 Å². The molecule has 0 unspecified atom stereocenters. The van der Waals surface area contributed by atoms with E-state index in [1.165, 1.54) is 6.42 Å². The summed E-state index contributed by atoms with van der Waals surface area (Å²) in [6.45, 7) is 7.10. The first-order valence-electron chi connectivity index (χ1n) is 12.8. The van der Waals surface area contributed by atoms with Gasteiger partial charge in [-0.1, -0.05) is 43.5 Å². The zero-order valence-corrected chi connectivity index (χ0v) is 21.3. The van der Waals surface area contributed by atoms with Crippen molar-refractivity contribution in [2.24, 2.45) is 11.7 Å². The Morgan fingerprint density at radius 2 is 1.79 bits per heavy atom. The van der Waals surface area contributed by atoms with Gasteiger partial charge in [0.1, 0.15) is 0 Å². The standard InChI is InChI=1S/C30H30N6O2/c1-32-23-12-14-25(15-13-23)35(2)30(38)22-16-17-36-27(18-22)26(19-33-36)20-8-10-24(11-9-20)34-29(37)28(31)21-6-4-3-5-7-21/h8-19,21,28H,3-7,31H2,2H3,(H,34,37)/t28-/m0/s1. The molecule has 2 aromatic heterocycles. The van der Waals surface area contributed by atoms with Crippen LogP contribution in [0, 0.1) is 12.5 Å². The first-order valence-corrected chi connectivity index (χ1v) is 12.8. The Kier molecular flexibility index (Phi) is 7.20. The number of carbonyl (C=O) groups excluding carboxylic acids is 2. The number of pyridine rings is 1. The number of nitrogens with two attached hydrogens (primary N) is 1. The van der Waals surface area contributed by atoms with E-state index < -0.39 is 6.04 Å². The maximum absolute atomic E-state index is 13.2. The van der Waals surface area contributed by atoms with Crippen molar-refractivity contribution >= 4 is 34.4 Å². The highest BCUT2D eigenvalue weighted by molar-refractivity contribution is 6.07. The lowest BCUT2D eigenvalue weighted by Crippen LogP contribution is -2.42. The lowest BCUT2D eigenvalue weighted by atomic mass is 9.84. The van der Waals surface area contributed by atoms with Gasteiger partial charge in [-0.25, -0.2) is 9.36 Å². The third kappa shape index (κ3) is 5.15. The van der Waals surface area contributed by atoms with Crippen LogP contribution in [-0.2, 0) is 4.79 Å². The topological polar surface area (TPSA) is 97.1 Å². The minimum absolute atomic E-state index is 0.142. The van der Waals surface area contributed by atoms with Crippen LogP contribution in [0.1, 0.15) is 42.5 Å². The zero-order valence-electron chi connectivity index (χ0n) is 21.3. The van der Waals surface area contributed by atoms with E-state index >= 15 is 0 Å². The van der Waals surface area contributed by atoms with Gasteiger partial charge in [-0.2, -0.15) is 5.10 Å². The average molecular weight is 507 g/mol. The van der Waals surface area contributed by atoms with Crippen molar-refractivity contribution in [3.63, 3.8) is 0 Å². The number of fused-ring (bicyclic) bond motifs is 1. The molecule has 0 radical (unpaired) electrons. The van der Waals surface area contributed by atoms with Gasteiger partial charge in [0, 0.05) is 35.7 Å². The van der Waals surface area contributed by atoms with Gasteiger partial charge in [0.25, 0.3) is 5.91 Å². The number of anilines is 2. The van der Waals surface area contributed by atoms with E-state index in [2.05, 4.69) is 15.3 Å². The number of rotatable bonds is 6. The van der Waals surface area contributed by atoms with Gasteiger partial charge in [0.15, 0.2) is 5.69 Å². The average Bonchev–Trinajstić information content (AvgIpc) is 3.40. The normalized spacial score (nSPS) is 14.6. The lowest BCUT2D eigenvalue weighted by molar-refractivity contribution is -0.118. The molecule has 1 atom stereocenters. The first-order chi connectivity index (χ1) is 18.4. The molecule has 8 heteroatoms. The van der Waals surface area contributed by atoms with E-state index in [9.17, 15) is 9.59 Å². The molecule has 5 rings (SSSR count). The van der Waals surface area contributed by atoms with Crippen molar-refractivity contribution in [3.05, 3.63) is 90.0 Å². The van der Waals surface area contributed by atoms with Crippen LogP contribution in [0.3, 0.4) is 0 Å². The van der Waals surface area contributed by atoms with Crippen LogP contribution in [0.15, 0.2) is 73.1 Å². The van der Waals surface area contributed by atoms with Gasteiger partial charge in [-0.05, 0) is 60.7 Å². The highest BCUT2D eigenvalue weighted by Crippen LogP contribution is 2.29. The Balaban J connectivity index is 1.33. The molecule has 2 heterocycles. The Labute approximate surface area is 221 Å². The Bertz CT molecular complexity index is 1490. The number of hydrogen-bond donors (Lipinski definition) is 2. The van der Waals surface area contributed by atoms with Crippen LogP contribution in [0.25, 0.3) is 21.5 Å². The summed E-state index contributed by atoms with van der Waals surface area (Å²) in [4.78, 5) is 30.9. The third-order valence-corrected chi connectivity index (χ3v) is 7.36. The largest absolute Gasteiger partial charge is 0.325 e. The second-order valence-electron chi connectivity index (χ2n) is 9.79. The van der Waals surface area contributed by atoms with E-state index in [1.54, 1.807) is 59.2 Å². The summed E-state index contributed by atoms with van der Waals surface area (Å²) in [5, 5.41) is 7.40. The van der Waals surface area contributed by atoms with E-state index in [-0.39, 0.29) is 17.7 Å². The Morgan fingerprint density at radius 3 is 2.47 bits per heavy atom. The SMILES string of the molecule is [C-]#[N+]c1ccc(N(C)C(=O)c2ccn3ncc(-c4ccc(NC(=O)[C@@H](N)C5CCCCC5)cc4)c3c2)cc1. The number of carbonyl (C=O) groups is 2. The predicted molar refractivity (Wildman–Crippen MR) is 149 cm³/mol. The summed E-state index contributed by atoms with van der Waals surface area (Å²) in [7, 11) is 1.71. The predicted octanol–water partition coefficient (Wildman–Crippen LogP) is 5.67. The molecule has 192 valence electrons. The van der Waals surface area contributed by atoms with Gasteiger partial charge < -0.3 is 16.0 Å². The molecule has 1 aliphatic rings. The minimum Gasteiger partial charge on any atom is -0.325 e. The van der Waals surface area contributed by atoms with Crippen molar-refractivity contribution in [2.75, 3.05) is 17.3 Å². The van der Waals surface area contributed by atoms with E-state index in [0.717, 1.165) is 42.3 Å². The molecule has 0 saturated heterocycles. The zero-order chi connectivity index (χ0) is 26.6. The molecule has 3 N–H and O–H groups in total. The number of benzene rings is 2. The number of hydrogen-bond acceptors (Lipinski definition) is 4. The van der Waals surface area contributed by atoms with Crippen molar-refractivity contribution in [1.82, 2.24) is 9.61 Å². The van der Waals surface area contributed by atoms with Gasteiger partial charge in [-0.15, -0.1) is 0 Å². The number of amides is 2. The molecule has 0 spiro atoms. The van der Waals surface area contributed by atoms with Gasteiger partial charge in [0.2, 0.25) is 5.91 Å². The fourth-order valence-corrected chi connectivity index (χ4v) is 5.06. The maximum atomic E-state index is 13.2. The fraction of sp³-hybridized carbons (Fsp3) is 0.267. The second-order valence-corrected chi connectivity index (χ2v) is 9.79.